The van der Waals surface area contributed by atoms with Gasteiger partial charge in [-0.15, -0.1) is 0 Å². The lowest BCUT2D eigenvalue weighted by molar-refractivity contribution is 0.290. The van der Waals surface area contributed by atoms with Gasteiger partial charge in [0.25, 0.3) is 0 Å². The van der Waals surface area contributed by atoms with E-state index in [1.165, 1.54) is 19.3 Å². The van der Waals surface area contributed by atoms with Gasteiger partial charge in [0, 0.05) is 24.7 Å². The molecule has 114 valence electrons. The Hall–Kier alpha value is -1.65. The van der Waals surface area contributed by atoms with E-state index < -0.39 is 0 Å². The second kappa shape index (κ2) is 8.60. The summed E-state index contributed by atoms with van der Waals surface area (Å²) in [4.78, 5) is 4.41. The van der Waals surface area contributed by atoms with Crippen LogP contribution in [0.2, 0.25) is 0 Å². The summed E-state index contributed by atoms with van der Waals surface area (Å²) in [7, 11) is 0. The number of rotatable bonds is 9. The maximum absolute atomic E-state index is 9.08. The average Bonchev–Trinajstić information content (AvgIpc) is 2.54. The minimum absolute atomic E-state index is 0.133. The highest BCUT2D eigenvalue weighted by Gasteiger charge is 2.09. The molecule has 0 aliphatic carbocycles. The van der Waals surface area contributed by atoms with Crippen LogP contribution < -0.4 is 10.4 Å². The number of nitrogens with zero attached hydrogens (tertiary/aromatic N) is 2. The number of pyridine rings is 1. The molecule has 4 nitrogen and oxygen atoms in total. The Morgan fingerprint density at radius 1 is 1.14 bits per heavy atom. The standard InChI is InChI=1S/C17H25N3O/c1-2-3-4-7-13-20(19-12-14-21)17-10-11-18-16-9-6-5-8-15(16)17/h5-6,8-11,19,21H,2-4,7,12-14H2,1H3. The molecule has 0 amide bonds. The molecule has 1 aromatic heterocycles. The first-order chi connectivity index (χ1) is 10.4. The van der Waals surface area contributed by atoms with Crippen molar-refractivity contribution in [3.05, 3.63) is 36.5 Å². The molecule has 0 atom stereocenters. The number of hydrogen-bond acceptors (Lipinski definition) is 4. The zero-order chi connectivity index (χ0) is 14.9. The molecule has 0 bridgehead atoms. The SMILES string of the molecule is CCCCCCN(NCCO)c1ccnc2ccccc12. The third kappa shape index (κ3) is 4.41. The molecule has 2 N–H and O–H groups in total. The smallest absolute Gasteiger partial charge is 0.0723 e. The van der Waals surface area contributed by atoms with Gasteiger partial charge >= 0.3 is 0 Å². The molecule has 0 saturated carbocycles. The van der Waals surface area contributed by atoms with Crippen LogP contribution in [-0.2, 0) is 0 Å². The molecule has 0 unspecified atom stereocenters. The molecule has 1 aromatic carbocycles. The average molecular weight is 287 g/mol. The number of unbranched alkanes of at least 4 members (excludes halogenated alkanes) is 3. The first kappa shape index (κ1) is 15.7. The lowest BCUT2D eigenvalue weighted by Gasteiger charge is -2.26. The molecule has 0 fully saturated rings. The molecule has 0 aliphatic rings. The lowest BCUT2D eigenvalue weighted by atomic mass is 10.1. The van der Waals surface area contributed by atoms with Crippen LogP contribution in [0.25, 0.3) is 10.9 Å². The fourth-order valence-electron chi connectivity index (χ4n) is 2.48. The number of anilines is 1. The predicted octanol–water partition coefficient (Wildman–Crippen LogP) is 3.12. The van der Waals surface area contributed by atoms with Crippen molar-refractivity contribution < 1.29 is 5.11 Å². The number of hydrogen-bond donors (Lipinski definition) is 2. The van der Waals surface area contributed by atoms with Crippen LogP contribution in [0, 0.1) is 0 Å². The van der Waals surface area contributed by atoms with Crippen LogP contribution >= 0.6 is 0 Å². The molecule has 0 radical (unpaired) electrons. The summed E-state index contributed by atoms with van der Waals surface area (Å²) in [5.74, 6) is 0. The molecule has 4 heteroatoms. The van der Waals surface area contributed by atoms with E-state index in [0.29, 0.717) is 6.54 Å². The van der Waals surface area contributed by atoms with E-state index in [9.17, 15) is 0 Å². The normalized spacial score (nSPS) is 11.0. The van der Waals surface area contributed by atoms with Crippen LogP contribution in [-0.4, -0.2) is 29.8 Å². The molecule has 21 heavy (non-hydrogen) atoms. The molecular formula is C17H25N3O. The number of benzene rings is 1. The molecule has 0 saturated heterocycles. The first-order valence-corrected chi connectivity index (χ1v) is 7.82. The van der Waals surface area contributed by atoms with Crippen LogP contribution in [0.3, 0.4) is 0 Å². The van der Waals surface area contributed by atoms with Gasteiger partial charge in [-0.05, 0) is 18.6 Å². The highest BCUT2D eigenvalue weighted by Crippen LogP contribution is 2.24. The van der Waals surface area contributed by atoms with Crippen molar-refractivity contribution in [2.24, 2.45) is 0 Å². The zero-order valence-corrected chi connectivity index (χ0v) is 12.8. The minimum Gasteiger partial charge on any atom is -0.395 e. The van der Waals surface area contributed by atoms with E-state index >= 15 is 0 Å². The number of aromatic nitrogens is 1. The topological polar surface area (TPSA) is 48.4 Å². The van der Waals surface area contributed by atoms with E-state index in [0.717, 1.165) is 29.6 Å². The second-order valence-electron chi connectivity index (χ2n) is 5.19. The summed E-state index contributed by atoms with van der Waals surface area (Å²) in [5.41, 5.74) is 5.44. The Balaban J connectivity index is 2.17. The Bertz CT molecular complexity index is 539. The lowest BCUT2D eigenvalue weighted by Crippen LogP contribution is -2.40. The third-order valence-corrected chi connectivity index (χ3v) is 3.57. The van der Waals surface area contributed by atoms with Gasteiger partial charge < -0.3 is 10.1 Å². The van der Waals surface area contributed by atoms with Gasteiger partial charge in [-0.2, -0.15) is 0 Å². The van der Waals surface area contributed by atoms with Crippen molar-refractivity contribution in [3.8, 4) is 0 Å². The van der Waals surface area contributed by atoms with Crippen molar-refractivity contribution in [2.45, 2.75) is 32.6 Å². The quantitative estimate of drug-likeness (QED) is 0.549. The maximum Gasteiger partial charge on any atom is 0.0723 e. The molecular weight excluding hydrogens is 262 g/mol. The van der Waals surface area contributed by atoms with Crippen LogP contribution in [0.15, 0.2) is 36.5 Å². The summed E-state index contributed by atoms with van der Waals surface area (Å²) < 4.78 is 0. The van der Waals surface area contributed by atoms with Crippen LogP contribution in [0.4, 0.5) is 5.69 Å². The predicted molar refractivity (Wildman–Crippen MR) is 88.3 cm³/mol. The Morgan fingerprint density at radius 2 is 2.00 bits per heavy atom. The fourth-order valence-corrected chi connectivity index (χ4v) is 2.48. The number of hydrazine groups is 1. The minimum atomic E-state index is 0.133. The van der Waals surface area contributed by atoms with Crippen molar-refractivity contribution in [1.82, 2.24) is 10.4 Å². The van der Waals surface area contributed by atoms with Gasteiger partial charge in [-0.3, -0.25) is 4.98 Å². The highest BCUT2D eigenvalue weighted by atomic mass is 16.3. The van der Waals surface area contributed by atoms with Crippen LogP contribution in [0.1, 0.15) is 32.6 Å². The van der Waals surface area contributed by atoms with Gasteiger partial charge in [-0.1, -0.05) is 44.4 Å². The van der Waals surface area contributed by atoms with Gasteiger partial charge in [0.05, 0.1) is 17.8 Å². The highest BCUT2D eigenvalue weighted by molar-refractivity contribution is 5.91. The van der Waals surface area contributed by atoms with Gasteiger partial charge in [-0.25, -0.2) is 5.43 Å². The number of nitrogens with one attached hydrogen (secondary N) is 1. The van der Waals surface area contributed by atoms with Crippen molar-refractivity contribution in [3.63, 3.8) is 0 Å². The maximum atomic E-state index is 9.08. The molecule has 2 rings (SSSR count). The van der Waals surface area contributed by atoms with Crippen molar-refractivity contribution >= 4 is 16.6 Å². The molecule has 0 spiro atoms. The van der Waals surface area contributed by atoms with Crippen molar-refractivity contribution in [2.75, 3.05) is 24.7 Å². The van der Waals surface area contributed by atoms with E-state index in [1.807, 2.05) is 30.5 Å². The van der Waals surface area contributed by atoms with E-state index in [2.05, 4.69) is 28.4 Å². The summed E-state index contributed by atoms with van der Waals surface area (Å²) in [6.45, 7) is 3.85. The van der Waals surface area contributed by atoms with Crippen molar-refractivity contribution in [1.29, 1.82) is 0 Å². The van der Waals surface area contributed by atoms with E-state index in [-0.39, 0.29) is 6.61 Å². The molecule has 2 aromatic rings. The summed E-state index contributed by atoms with van der Waals surface area (Å²) in [6.07, 6.45) is 6.73. The van der Waals surface area contributed by atoms with Gasteiger partial charge in [0.1, 0.15) is 0 Å². The second-order valence-corrected chi connectivity index (χ2v) is 5.19. The number of aliphatic hydroxyl groups is 1. The van der Waals surface area contributed by atoms with E-state index in [1.54, 1.807) is 0 Å². The summed E-state index contributed by atoms with van der Waals surface area (Å²) in [6, 6.07) is 10.2. The Morgan fingerprint density at radius 3 is 2.81 bits per heavy atom. The number of aliphatic hydroxyl groups excluding tert-OH is 1. The Kier molecular flexibility index (Phi) is 6.44. The molecule has 1 heterocycles. The summed E-state index contributed by atoms with van der Waals surface area (Å²) >= 11 is 0. The fraction of sp³-hybridized carbons (Fsp3) is 0.471. The largest absolute Gasteiger partial charge is 0.395 e. The Labute approximate surface area is 126 Å². The zero-order valence-electron chi connectivity index (χ0n) is 12.8. The van der Waals surface area contributed by atoms with Crippen LogP contribution in [0.5, 0.6) is 0 Å². The number of para-hydroxylation sites is 1. The van der Waals surface area contributed by atoms with Gasteiger partial charge in [0.2, 0.25) is 0 Å². The number of fused-ring (bicyclic) bond motifs is 1. The third-order valence-electron chi connectivity index (χ3n) is 3.57. The summed E-state index contributed by atoms with van der Waals surface area (Å²) in [5, 5.41) is 12.4. The van der Waals surface area contributed by atoms with Gasteiger partial charge in [0.15, 0.2) is 0 Å². The van der Waals surface area contributed by atoms with E-state index in [4.69, 9.17) is 5.11 Å². The monoisotopic (exact) mass is 287 g/mol. The molecule has 0 aliphatic heterocycles. The first-order valence-electron chi connectivity index (χ1n) is 7.82.